The van der Waals surface area contributed by atoms with Gasteiger partial charge in [-0.1, -0.05) is 6.08 Å². The number of nitrogens with two attached hydrogens (primary N) is 1. The van der Waals surface area contributed by atoms with Crippen LogP contribution in [0.15, 0.2) is 41.7 Å². The number of carbonyl (C=O) groups excluding carboxylic acids is 1. The summed E-state index contributed by atoms with van der Waals surface area (Å²) < 4.78 is 2.70. The van der Waals surface area contributed by atoms with E-state index in [1.165, 1.54) is 0 Å². The lowest BCUT2D eigenvalue weighted by Crippen LogP contribution is -2.12. The van der Waals surface area contributed by atoms with Crippen LogP contribution in [-0.4, -0.2) is 15.5 Å². The molecule has 98 valence electrons. The molecular formula is C14H14BrN3O. The molecule has 0 aliphatic heterocycles. The molecule has 0 unspecified atom stereocenters. The highest BCUT2D eigenvalue weighted by molar-refractivity contribution is 9.10. The third-order valence-electron chi connectivity index (χ3n) is 2.96. The molecule has 0 aromatic carbocycles. The van der Waals surface area contributed by atoms with Crippen molar-refractivity contribution in [2.45, 2.75) is 13.5 Å². The number of carbonyl (C=O) groups is 1. The summed E-state index contributed by atoms with van der Waals surface area (Å²) in [6, 6.07) is 3.79. The Bertz CT molecular complexity index is 632. The topological polar surface area (TPSA) is 60.9 Å². The van der Waals surface area contributed by atoms with Gasteiger partial charge in [-0.05, 0) is 35.0 Å². The second-order valence-electron chi connectivity index (χ2n) is 4.13. The van der Waals surface area contributed by atoms with Gasteiger partial charge in [-0.3, -0.25) is 9.78 Å². The van der Waals surface area contributed by atoms with Crippen LogP contribution < -0.4 is 5.73 Å². The van der Waals surface area contributed by atoms with Gasteiger partial charge in [0.15, 0.2) is 0 Å². The Balaban J connectivity index is 2.75. The van der Waals surface area contributed by atoms with Crippen molar-refractivity contribution in [1.29, 1.82) is 0 Å². The molecule has 0 atom stereocenters. The van der Waals surface area contributed by atoms with Gasteiger partial charge in [0, 0.05) is 30.2 Å². The van der Waals surface area contributed by atoms with Crippen molar-refractivity contribution in [2.75, 3.05) is 0 Å². The lowest BCUT2D eigenvalue weighted by atomic mass is 10.2. The number of pyridine rings is 1. The van der Waals surface area contributed by atoms with Crippen LogP contribution in [-0.2, 0) is 6.54 Å². The molecule has 2 N–H and O–H groups in total. The molecule has 2 heterocycles. The van der Waals surface area contributed by atoms with E-state index in [1.807, 2.05) is 23.6 Å². The van der Waals surface area contributed by atoms with Crippen molar-refractivity contribution in [1.82, 2.24) is 9.55 Å². The molecule has 4 nitrogen and oxygen atoms in total. The number of primary amides is 1. The molecule has 2 aromatic heterocycles. The number of hydrogen-bond donors (Lipinski definition) is 1. The van der Waals surface area contributed by atoms with Crippen LogP contribution in [0.2, 0.25) is 0 Å². The Morgan fingerprint density at radius 3 is 2.89 bits per heavy atom. The van der Waals surface area contributed by atoms with E-state index in [0.29, 0.717) is 16.6 Å². The molecule has 0 spiro atoms. The summed E-state index contributed by atoms with van der Waals surface area (Å²) in [6.45, 7) is 6.22. The molecular weight excluding hydrogens is 306 g/mol. The third-order valence-corrected chi connectivity index (χ3v) is 3.73. The maximum Gasteiger partial charge on any atom is 0.251 e. The summed E-state index contributed by atoms with van der Waals surface area (Å²) >= 11 is 3.48. The summed E-state index contributed by atoms with van der Waals surface area (Å²) in [5, 5.41) is 0. The average molecular weight is 320 g/mol. The Labute approximate surface area is 120 Å². The third kappa shape index (κ3) is 2.33. The van der Waals surface area contributed by atoms with E-state index >= 15 is 0 Å². The van der Waals surface area contributed by atoms with Crippen LogP contribution in [0, 0.1) is 6.92 Å². The molecule has 0 aliphatic carbocycles. The second-order valence-corrected chi connectivity index (χ2v) is 4.92. The molecule has 0 aliphatic rings. The van der Waals surface area contributed by atoms with Gasteiger partial charge in [-0.25, -0.2) is 0 Å². The first-order valence-corrected chi connectivity index (χ1v) is 6.57. The standard InChI is InChI=1S/C14H14BrN3O/c1-3-7-18-9(2)11(14(16)19)12(15)13(18)10-5-4-6-17-8-10/h3-6,8H,1,7H2,2H3,(H2,16,19). The Morgan fingerprint density at radius 2 is 2.37 bits per heavy atom. The van der Waals surface area contributed by atoms with Crippen LogP contribution in [0.25, 0.3) is 11.3 Å². The van der Waals surface area contributed by atoms with Gasteiger partial charge in [-0.15, -0.1) is 6.58 Å². The Morgan fingerprint density at radius 1 is 1.63 bits per heavy atom. The van der Waals surface area contributed by atoms with Gasteiger partial charge in [0.1, 0.15) is 0 Å². The van der Waals surface area contributed by atoms with Crippen LogP contribution in [0.5, 0.6) is 0 Å². The fourth-order valence-corrected chi connectivity index (χ4v) is 3.05. The zero-order chi connectivity index (χ0) is 14.0. The number of hydrogen-bond acceptors (Lipinski definition) is 2. The summed E-state index contributed by atoms with van der Waals surface area (Å²) in [5.41, 5.74) is 8.58. The first-order valence-electron chi connectivity index (χ1n) is 5.77. The fraction of sp³-hybridized carbons (Fsp3) is 0.143. The zero-order valence-corrected chi connectivity index (χ0v) is 12.1. The Kier molecular flexibility index (Phi) is 3.85. The monoisotopic (exact) mass is 319 g/mol. The number of aromatic nitrogens is 2. The molecule has 1 amide bonds. The predicted molar refractivity (Wildman–Crippen MR) is 78.8 cm³/mol. The summed E-state index contributed by atoms with van der Waals surface area (Å²) in [7, 11) is 0. The minimum atomic E-state index is -0.447. The minimum Gasteiger partial charge on any atom is -0.366 e. The van der Waals surface area contributed by atoms with Crippen molar-refractivity contribution in [3.8, 4) is 11.3 Å². The van der Waals surface area contributed by atoms with E-state index in [0.717, 1.165) is 17.0 Å². The fourth-order valence-electron chi connectivity index (χ4n) is 2.13. The number of halogens is 1. The van der Waals surface area contributed by atoms with Crippen LogP contribution in [0.1, 0.15) is 16.1 Å². The maximum atomic E-state index is 11.6. The van der Waals surface area contributed by atoms with E-state index in [-0.39, 0.29) is 0 Å². The molecule has 0 radical (unpaired) electrons. The highest BCUT2D eigenvalue weighted by atomic mass is 79.9. The molecule has 2 rings (SSSR count). The van der Waals surface area contributed by atoms with E-state index in [9.17, 15) is 4.79 Å². The van der Waals surface area contributed by atoms with E-state index in [1.54, 1.807) is 18.5 Å². The summed E-state index contributed by atoms with van der Waals surface area (Å²) in [6.07, 6.45) is 5.24. The Hall–Kier alpha value is -1.88. The van der Waals surface area contributed by atoms with Crippen molar-refractivity contribution in [3.63, 3.8) is 0 Å². The highest BCUT2D eigenvalue weighted by Crippen LogP contribution is 2.35. The van der Waals surface area contributed by atoms with Crippen LogP contribution in [0.3, 0.4) is 0 Å². The largest absolute Gasteiger partial charge is 0.366 e. The summed E-state index contributed by atoms with van der Waals surface area (Å²) in [5.74, 6) is -0.447. The first kappa shape index (κ1) is 13.5. The van der Waals surface area contributed by atoms with Crippen molar-refractivity contribution < 1.29 is 4.79 Å². The van der Waals surface area contributed by atoms with Gasteiger partial charge in [0.2, 0.25) is 0 Å². The molecule has 19 heavy (non-hydrogen) atoms. The lowest BCUT2D eigenvalue weighted by molar-refractivity contribution is 0.0999. The molecule has 2 aromatic rings. The van der Waals surface area contributed by atoms with Crippen molar-refractivity contribution >= 4 is 21.8 Å². The second kappa shape index (κ2) is 5.40. The molecule has 0 fully saturated rings. The zero-order valence-electron chi connectivity index (χ0n) is 10.6. The van der Waals surface area contributed by atoms with Crippen LogP contribution >= 0.6 is 15.9 Å². The van der Waals surface area contributed by atoms with Gasteiger partial charge in [0.25, 0.3) is 5.91 Å². The molecule has 0 saturated heterocycles. The summed E-state index contributed by atoms with van der Waals surface area (Å²) in [4.78, 5) is 15.7. The van der Waals surface area contributed by atoms with Crippen molar-refractivity contribution in [2.24, 2.45) is 5.73 Å². The van der Waals surface area contributed by atoms with E-state index in [4.69, 9.17) is 5.73 Å². The number of amides is 1. The van der Waals surface area contributed by atoms with E-state index < -0.39 is 5.91 Å². The number of nitrogens with zero attached hydrogens (tertiary/aromatic N) is 2. The first-order chi connectivity index (χ1) is 9.07. The smallest absolute Gasteiger partial charge is 0.251 e. The minimum absolute atomic E-state index is 0.447. The van der Waals surface area contributed by atoms with Gasteiger partial charge in [-0.2, -0.15) is 0 Å². The maximum absolute atomic E-state index is 11.6. The normalized spacial score (nSPS) is 10.4. The van der Waals surface area contributed by atoms with Gasteiger partial charge < -0.3 is 10.3 Å². The highest BCUT2D eigenvalue weighted by Gasteiger charge is 2.22. The molecule has 0 bridgehead atoms. The molecule has 0 saturated carbocycles. The lowest BCUT2D eigenvalue weighted by Gasteiger charge is -2.09. The SMILES string of the molecule is C=CCn1c(C)c(C(N)=O)c(Br)c1-c1cccnc1. The predicted octanol–water partition coefficient (Wildman–Crippen LogP) is 2.91. The molecule has 5 heteroatoms. The van der Waals surface area contributed by atoms with E-state index in [2.05, 4.69) is 27.5 Å². The quantitative estimate of drug-likeness (QED) is 0.881. The van der Waals surface area contributed by atoms with Crippen molar-refractivity contribution in [3.05, 3.63) is 52.9 Å². The van der Waals surface area contributed by atoms with Gasteiger partial charge in [0.05, 0.1) is 15.7 Å². The van der Waals surface area contributed by atoms with Crippen LogP contribution in [0.4, 0.5) is 0 Å². The number of allylic oxidation sites excluding steroid dienone is 1. The average Bonchev–Trinajstić information content (AvgIpc) is 2.63. The number of rotatable bonds is 4. The van der Waals surface area contributed by atoms with Gasteiger partial charge >= 0.3 is 0 Å².